The lowest BCUT2D eigenvalue weighted by Crippen LogP contribution is -2.32. The van der Waals surface area contributed by atoms with Crippen LogP contribution in [0.4, 0.5) is 5.95 Å². The molecular formula is C8H14N4. The van der Waals surface area contributed by atoms with E-state index in [-0.39, 0.29) is 6.17 Å². The molecule has 66 valence electrons. The van der Waals surface area contributed by atoms with Crippen LogP contribution >= 0.6 is 0 Å². The zero-order valence-corrected chi connectivity index (χ0v) is 7.65. The third kappa shape index (κ3) is 2.47. The minimum atomic E-state index is 0.243. The van der Waals surface area contributed by atoms with Gasteiger partial charge in [0.1, 0.15) is 0 Å². The van der Waals surface area contributed by atoms with Gasteiger partial charge in [0, 0.05) is 12.4 Å². The molecule has 1 N–H and O–H groups in total. The molecule has 12 heavy (non-hydrogen) atoms. The van der Waals surface area contributed by atoms with Crippen molar-refractivity contribution in [2.45, 2.75) is 13.1 Å². The Balaban J connectivity index is 2.53. The lowest BCUT2D eigenvalue weighted by molar-refractivity contribution is 0.342. The highest BCUT2D eigenvalue weighted by Gasteiger charge is 2.03. The summed E-state index contributed by atoms with van der Waals surface area (Å²) in [6.45, 7) is 2.05. The predicted octanol–water partition coefficient (Wildman–Crippen LogP) is 0.796. The van der Waals surface area contributed by atoms with Crippen molar-refractivity contribution in [3.05, 3.63) is 18.5 Å². The smallest absolute Gasteiger partial charge is 0.223 e. The van der Waals surface area contributed by atoms with Gasteiger partial charge in [-0.05, 0) is 27.1 Å². The molecule has 4 nitrogen and oxygen atoms in total. The van der Waals surface area contributed by atoms with Crippen molar-refractivity contribution >= 4 is 5.95 Å². The molecule has 0 aliphatic heterocycles. The van der Waals surface area contributed by atoms with Gasteiger partial charge in [-0.15, -0.1) is 0 Å². The molecule has 0 radical (unpaired) electrons. The Hall–Kier alpha value is -1.16. The molecule has 0 spiro atoms. The van der Waals surface area contributed by atoms with E-state index in [4.69, 9.17) is 0 Å². The Bertz CT molecular complexity index is 222. The molecule has 0 saturated carbocycles. The van der Waals surface area contributed by atoms with Gasteiger partial charge < -0.3 is 5.32 Å². The summed E-state index contributed by atoms with van der Waals surface area (Å²) in [6, 6.07) is 1.80. The van der Waals surface area contributed by atoms with E-state index < -0.39 is 0 Å². The highest BCUT2D eigenvalue weighted by atomic mass is 15.3. The first-order valence-corrected chi connectivity index (χ1v) is 3.90. The first-order valence-electron chi connectivity index (χ1n) is 3.90. The van der Waals surface area contributed by atoms with Crippen LogP contribution < -0.4 is 5.32 Å². The summed E-state index contributed by atoms with van der Waals surface area (Å²) in [7, 11) is 4.00. The predicted molar refractivity (Wildman–Crippen MR) is 48.8 cm³/mol. The molecule has 1 rings (SSSR count). The maximum atomic E-state index is 4.05. The molecule has 1 aromatic heterocycles. The van der Waals surface area contributed by atoms with Gasteiger partial charge in [0.15, 0.2) is 0 Å². The lowest BCUT2D eigenvalue weighted by Gasteiger charge is -2.20. The van der Waals surface area contributed by atoms with Crippen molar-refractivity contribution in [3.63, 3.8) is 0 Å². The fourth-order valence-corrected chi connectivity index (χ4v) is 0.690. The summed E-state index contributed by atoms with van der Waals surface area (Å²) in [5.41, 5.74) is 0. The zero-order chi connectivity index (χ0) is 8.97. The minimum Gasteiger partial charge on any atom is -0.339 e. The van der Waals surface area contributed by atoms with E-state index in [0.717, 1.165) is 0 Å². The van der Waals surface area contributed by atoms with Crippen molar-refractivity contribution in [3.8, 4) is 0 Å². The van der Waals surface area contributed by atoms with Crippen LogP contribution in [0.15, 0.2) is 18.5 Å². The Morgan fingerprint density at radius 2 is 1.92 bits per heavy atom. The summed E-state index contributed by atoms with van der Waals surface area (Å²) >= 11 is 0. The molecule has 0 amide bonds. The standard InChI is InChI=1S/C8H14N4/c1-7(12(2)3)11-8-9-5-4-6-10-8/h4-7H,1-3H3,(H,9,10,11). The first kappa shape index (κ1) is 8.93. The molecule has 0 aromatic carbocycles. The van der Waals surface area contributed by atoms with E-state index in [2.05, 4.69) is 27.1 Å². The van der Waals surface area contributed by atoms with Gasteiger partial charge in [-0.2, -0.15) is 0 Å². The molecule has 0 aliphatic rings. The third-order valence-corrected chi connectivity index (χ3v) is 1.68. The molecule has 0 bridgehead atoms. The van der Waals surface area contributed by atoms with Crippen LogP contribution in [0.5, 0.6) is 0 Å². The molecule has 1 unspecified atom stereocenters. The quantitative estimate of drug-likeness (QED) is 0.674. The van der Waals surface area contributed by atoms with E-state index in [9.17, 15) is 0 Å². The number of nitrogens with one attached hydrogen (secondary N) is 1. The number of nitrogens with zero attached hydrogens (tertiary/aromatic N) is 3. The summed E-state index contributed by atoms with van der Waals surface area (Å²) in [5, 5.41) is 3.14. The van der Waals surface area contributed by atoms with Crippen molar-refractivity contribution in [1.82, 2.24) is 14.9 Å². The van der Waals surface area contributed by atoms with Crippen LogP contribution in [-0.4, -0.2) is 35.1 Å². The van der Waals surface area contributed by atoms with Crippen LogP contribution in [0, 0.1) is 0 Å². The van der Waals surface area contributed by atoms with E-state index in [1.807, 2.05) is 14.1 Å². The van der Waals surface area contributed by atoms with Gasteiger partial charge in [-0.1, -0.05) is 0 Å². The number of hydrogen-bond donors (Lipinski definition) is 1. The lowest BCUT2D eigenvalue weighted by atomic mass is 10.5. The Kier molecular flexibility index (Phi) is 2.99. The number of anilines is 1. The molecule has 1 atom stereocenters. The maximum Gasteiger partial charge on any atom is 0.223 e. The molecule has 4 heteroatoms. The fourth-order valence-electron chi connectivity index (χ4n) is 0.690. The second-order valence-corrected chi connectivity index (χ2v) is 2.86. The highest BCUT2D eigenvalue weighted by Crippen LogP contribution is 1.98. The van der Waals surface area contributed by atoms with Crippen molar-refractivity contribution < 1.29 is 0 Å². The highest BCUT2D eigenvalue weighted by molar-refractivity contribution is 5.23. The second kappa shape index (κ2) is 4.01. The van der Waals surface area contributed by atoms with E-state index in [1.54, 1.807) is 18.5 Å². The Morgan fingerprint density at radius 1 is 1.33 bits per heavy atom. The topological polar surface area (TPSA) is 41.1 Å². The second-order valence-electron chi connectivity index (χ2n) is 2.86. The molecular weight excluding hydrogens is 152 g/mol. The van der Waals surface area contributed by atoms with Crippen molar-refractivity contribution in [2.24, 2.45) is 0 Å². The molecule has 0 aliphatic carbocycles. The Labute approximate surface area is 72.6 Å². The zero-order valence-electron chi connectivity index (χ0n) is 7.65. The summed E-state index contributed by atoms with van der Waals surface area (Å²) in [6.07, 6.45) is 3.68. The van der Waals surface area contributed by atoms with Crippen molar-refractivity contribution in [2.75, 3.05) is 19.4 Å². The van der Waals surface area contributed by atoms with Gasteiger partial charge >= 0.3 is 0 Å². The fraction of sp³-hybridized carbons (Fsp3) is 0.500. The van der Waals surface area contributed by atoms with E-state index in [1.165, 1.54) is 0 Å². The van der Waals surface area contributed by atoms with Crippen LogP contribution in [0.3, 0.4) is 0 Å². The molecule has 0 fully saturated rings. The Morgan fingerprint density at radius 3 is 2.42 bits per heavy atom. The van der Waals surface area contributed by atoms with Crippen LogP contribution in [0.25, 0.3) is 0 Å². The van der Waals surface area contributed by atoms with Crippen molar-refractivity contribution in [1.29, 1.82) is 0 Å². The average Bonchev–Trinajstić information content (AvgIpc) is 2.06. The van der Waals surface area contributed by atoms with Gasteiger partial charge in [0.25, 0.3) is 0 Å². The summed E-state index contributed by atoms with van der Waals surface area (Å²) in [5.74, 6) is 0.665. The number of rotatable bonds is 3. The first-order chi connectivity index (χ1) is 5.70. The molecule has 0 saturated heterocycles. The van der Waals surface area contributed by atoms with Gasteiger partial charge in [0.05, 0.1) is 6.17 Å². The molecule has 1 aromatic rings. The maximum absolute atomic E-state index is 4.05. The van der Waals surface area contributed by atoms with Gasteiger partial charge in [-0.3, -0.25) is 4.90 Å². The van der Waals surface area contributed by atoms with Crippen LogP contribution in [0.2, 0.25) is 0 Å². The largest absolute Gasteiger partial charge is 0.339 e. The molecule has 1 heterocycles. The monoisotopic (exact) mass is 166 g/mol. The van der Waals surface area contributed by atoms with E-state index in [0.29, 0.717) is 5.95 Å². The summed E-state index contributed by atoms with van der Waals surface area (Å²) in [4.78, 5) is 10.2. The summed E-state index contributed by atoms with van der Waals surface area (Å²) < 4.78 is 0. The van der Waals surface area contributed by atoms with Crippen LogP contribution in [0.1, 0.15) is 6.92 Å². The SMILES string of the molecule is CC(Nc1ncccn1)N(C)C. The minimum absolute atomic E-state index is 0.243. The number of hydrogen-bond acceptors (Lipinski definition) is 4. The third-order valence-electron chi connectivity index (χ3n) is 1.68. The van der Waals surface area contributed by atoms with E-state index >= 15 is 0 Å². The average molecular weight is 166 g/mol. The van der Waals surface area contributed by atoms with Gasteiger partial charge in [0.2, 0.25) is 5.95 Å². The van der Waals surface area contributed by atoms with Crippen LogP contribution in [-0.2, 0) is 0 Å². The normalized spacial score (nSPS) is 13.0. The number of aromatic nitrogens is 2. The van der Waals surface area contributed by atoms with Gasteiger partial charge in [-0.25, -0.2) is 9.97 Å².